The van der Waals surface area contributed by atoms with Gasteiger partial charge >= 0.3 is 5.97 Å². The second-order valence-corrected chi connectivity index (χ2v) is 10.6. The average Bonchev–Trinajstić information content (AvgIpc) is 3.42. The SMILES string of the molecule is CCOC(=O)c1cc(C)sc1NC(=O)Cc1csc(-c2cccc(CN3CCN(C)CC3)c2)n1. The van der Waals surface area contributed by atoms with Crippen LogP contribution < -0.4 is 5.32 Å². The van der Waals surface area contributed by atoms with Crippen LogP contribution in [0.2, 0.25) is 0 Å². The van der Waals surface area contributed by atoms with E-state index in [9.17, 15) is 9.59 Å². The second kappa shape index (κ2) is 11.2. The molecule has 0 aliphatic carbocycles. The second-order valence-electron chi connectivity index (χ2n) is 8.47. The molecule has 0 bridgehead atoms. The standard InChI is InChI=1S/C25H30N4O3S2/c1-4-32-25(31)21-12-17(2)34-24(21)27-22(30)14-20-16-33-23(26-20)19-7-5-6-18(13-19)15-29-10-8-28(3)9-11-29/h5-7,12-13,16H,4,8-11,14-15H2,1-3H3,(H,27,30). The molecule has 0 spiro atoms. The number of ether oxygens (including phenoxy) is 1. The molecule has 0 radical (unpaired) electrons. The summed E-state index contributed by atoms with van der Waals surface area (Å²) in [7, 11) is 2.17. The van der Waals surface area contributed by atoms with E-state index in [1.165, 1.54) is 16.9 Å². The van der Waals surface area contributed by atoms with E-state index >= 15 is 0 Å². The fourth-order valence-corrected chi connectivity index (χ4v) is 5.62. The molecule has 1 aliphatic rings. The summed E-state index contributed by atoms with van der Waals surface area (Å²) in [6.45, 7) is 9.25. The lowest BCUT2D eigenvalue weighted by Crippen LogP contribution is -2.43. The zero-order valence-corrected chi connectivity index (χ0v) is 21.4. The minimum atomic E-state index is -0.422. The summed E-state index contributed by atoms with van der Waals surface area (Å²) in [5.74, 6) is -0.623. The van der Waals surface area contributed by atoms with Gasteiger partial charge in [0, 0.05) is 48.5 Å². The molecule has 1 saturated heterocycles. The molecule has 34 heavy (non-hydrogen) atoms. The molecule has 180 valence electrons. The van der Waals surface area contributed by atoms with Crippen molar-refractivity contribution in [3.63, 3.8) is 0 Å². The van der Waals surface area contributed by atoms with Gasteiger partial charge in [0.15, 0.2) is 0 Å². The van der Waals surface area contributed by atoms with E-state index in [0.29, 0.717) is 22.9 Å². The molecule has 2 aromatic heterocycles. The molecule has 1 aliphatic heterocycles. The Labute approximate surface area is 208 Å². The zero-order chi connectivity index (χ0) is 24.1. The monoisotopic (exact) mass is 498 g/mol. The van der Waals surface area contributed by atoms with Crippen LogP contribution in [-0.2, 0) is 22.5 Å². The number of aromatic nitrogens is 1. The number of nitrogens with one attached hydrogen (secondary N) is 1. The number of benzene rings is 1. The summed E-state index contributed by atoms with van der Waals surface area (Å²) in [6.07, 6.45) is 0.150. The van der Waals surface area contributed by atoms with Gasteiger partial charge in [-0.25, -0.2) is 9.78 Å². The number of likely N-dealkylation sites (N-methyl/N-ethyl adjacent to an activating group) is 1. The third-order valence-corrected chi connectivity index (χ3v) is 7.58. The number of hydrogen-bond acceptors (Lipinski definition) is 8. The maximum absolute atomic E-state index is 12.7. The number of amides is 1. The van der Waals surface area contributed by atoms with Crippen molar-refractivity contribution in [3.8, 4) is 10.6 Å². The average molecular weight is 499 g/mol. The van der Waals surface area contributed by atoms with Gasteiger partial charge < -0.3 is 15.0 Å². The summed E-state index contributed by atoms with van der Waals surface area (Å²) < 4.78 is 5.10. The van der Waals surface area contributed by atoms with Gasteiger partial charge in [0.1, 0.15) is 10.0 Å². The molecule has 0 unspecified atom stereocenters. The van der Waals surface area contributed by atoms with Crippen LogP contribution in [0.1, 0.15) is 33.4 Å². The molecule has 1 amide bonds. The van der Waals surface area contributed by atoms with Crippen LogP contribution in [0.5, 0.6) is 0 Å². The van der Waals surface area contributed by atoms with E-state index in [4.69, 9.17) is 9.72 Å². The van der Waals surface area contributed by atoms with Crippen LogP contribution in [-0.4, -0.2) is 66.5 Å². The maximum atomic E-state index is 12.7. The molecule has 0 atom stereocenters. The number of aryl methyl sites for hydroxylation is 1. The Balaban J connectivity index is 1.38. The summed E-state index contributed by atoms with van der Waals surface area (Å²) in [4.78, 5) is 35.3. The van der Waals surface area contributed by atoms with Gasteiger partial charge in [-0.1, -0.05) is 18.2 Å². The van der Waals surface area contributed by atoms with Gasteiger partial charge in [0.2, 0.25) is 5.91 Å². The van der Waals surface area contributed by atoms with Crippen LogP contribution in [0, 0.1) is 6.92 Å². The normalized spacial score (nSPS) is 14.8. The van der Waals surface area contributed by atoms with E-state index < -0.39 is 5.97 Å². The summed E-state index contributed by atoms with van der Waals surface area (Å²) >= 11 is 2.91. The molecule has 3 aromatic rings. The van der Waals surface area contributed by atoms with Crippen molar-refractivity contribution < 1.29 is 14.3 Å². The van der Waals surface area contributed by atoms with Gasteiger partial charge in [0.05, 0.1) is 24.3 Å². The highest BCUT2D eigenvalue weighted by Crippen LogP contribution is 2.29. The highest BCUT2D eigenvalue weighted by Gasteiger charge is 2.19. The van der Waals surface area contributed by atoms with Crippen molar-refractivity contribution in [1.29, 1.82) is 0 Å². The van der Waals surface area contributed by atoms with Crippen LogP contribution in [0.15, 0.2) is 35.7 Å². The Kier molecular flexibility index (Phi) is 8.10. The number of hydrogen-bond donors (Lipinski definition) is 1. The van der Waals surface area contributed by atoms with E-state index in [0.717, 1.165) is 48.2 Å². The number of thiazole rings is 1. The van der Waals surface area contributed by atoms with E-state index in [2.05, 4.69) is 46.4 Å². The molecule has 1 N–H and O–H groups in total. The first-order valence-electron chi connectivity index (χ1n) is 11.4. The van der Waals surface area contributed by atoms with Gasteiger partial charge in [0.25, 0.3) is 0 Å². The Morgan fingerprint density at radius 3 is 2.74 bits per heavy atom. The van der Waals surface area contributed by atoms with Crippen molar-refractivity contribution in [2.24, 2.45) is 0 Å². The van der Waals surface area contributed by atoms with E-state index in [-0.39, 0.29) is 12.3 Å². The largest absolute Gasteiger partial charge is 0.462 e. The Morgan fingerprint density at radius 1 is 1.18 bits per heavy atom. The number of esters is 1. The van der Waals surface area contributed by atoms with Gasteiger partial charge in [-0.15, -0.1) is 22.7 Å². The highest BCUT2D eigenvalue weighted by molar-refractivity contribution is 7.16. The molecule has 9 heteroatoms. The smallest absolute Gasteiger partial charge is 0.341 e. The van der Waals surface area contributed by atoms with Crippen molar-refractivity contribution in [1.82, 2.24) is 14.8 Å². The number of nitrogens with zero attached hydrogens (tertiary/aromatic N) is 3. The minimum Gasteiger partial charge on any atom is -0.462 e. The Bertz CT molecular complexity index is 1150. The van der Waals surface area contributed by atoms with Crippen LogP contribution in [0.3, 0.4) is 0 Å². The summed E-state index contributed by atoms with van der Waals surface area (Å²) in [5.41, 5.74) is 3.46. The predicted molar refractivity (Wildman–Crippen MR) is 138 cm³/mol. The number of piperazine rings is 1. The number of carbonyl (C=O) groups is 2. The highest BCUT2D eigenvalue weighted by atomic mass is 32.1. The molecule has 1 aromatic carbocycles. The van der Waals surface area contributed by atoms with Gasteiger partial charge in [-0.3, -0.25) is 9.69 Å². The van der Waals surface area contributed by atoms with E-state index in [1.54, 1.807) is 24.3 Å². The number of carbonyl (C=O) groups excluding carboxylic acids is 2. The Morgan fingerprint density at radius 2 is 1.97 bits per heavy atom. The van der Waals surface area contributed by atoms with Crippen LogP contribution in [0.25, 0.3) is 10.6 Å². The molecule has 3 heterocycles. The minimum absolute atomic E-state index is 0.150. The first-order valence-corrected chi connectivity index (χ1v) is 13.1. The fraction of sp³-hybridized carbons (Fsp3) is 0.400. The lowest BCUT2D eigenvalue weighted by atomic mass is 10.1. The third-order valence-electron chi connectivity index (χ3n) is 5.67. The van der Waals surface area contributed by atoms with Gasteiger partial charge in [-0.05, 0) is 38.6 Å². The third kappa shape index (κ3) is 6.29. The van der Waals surface area contributed by atoms with Crippen LogP contribution >= 0.6 is 22.7 Å². The molecular formula is C25H30N4O3S2. The van der Waals surface area contributed by atoms with Crippen molar-refractivity contribution in [2.75, 3.05) is 45.2 Å². The molecule has 0 saturated carbocycles. The molecule has 7 nitrogen and oxygen atoms in total. The van der Waals surface area contributed by atoms with Crippen molar-refractivity contribution in [2.45, 2.75) is 26.8 Å². The summed E-state index contributed by atoms with van der Waals surface area (Å²) in [6, 6.07) is 10.2. The summed E-state index contributed by atoms with van der Waals surface area (Å²) in [5, 5.41) is 6.21. The molecular weight excluding hydrogens is 468 g/mol. The van der Waals surface area contributed by atoms with Crippen molar-refractivity contribution >= 4 is 39.6 Å². The number of rotatable bonds is 8. The lowest BCUT2D eigenvalue weighted by molar-refractivity contribution is -0.115. The molecule has 1 fully saturated rings. The van der Waals surface area contributed by atoms with E-state index in [1.807, 2.05) is 12.3 Å². The topological polar surface area (TPSA) is 74.8 Å². The van der Waals surface area contributed by atoms with Crippen molar-refractivity contribution in [3.05, 3.63) is 57.4 Å². The lowest BCUT2D eigenvalue weighted by Gasteiger charge is -2.32. The fourth-order valence-electron chi connectivity index (χ4n) is 3.89. The Hall–Kier alpha value is -2.59. The zero-order valence-electron chi connectivity index (χ0n) is 19.8. The maximum Gasteiger partial charge on any atom is 0.341 e. The van der Waals surface area contributed by atoms with Gasteiger partial charge in [-0.2, -0.15) is 0 Å². The first kappa shape index (κ1) is 24.5. The number of thiophene rings is 1. The number of anilines is 1. The molecule has 4 rings (SSSR count). The van der Waals surface area contributed by atoms with Crippen LogP contribution in [0.4, 0.5) is 5.00 Å². The first-order chi connectivity index (χ1) is 16.4. The quantitative estimate of drug-likeness (QED) is 0.467. The predicted octanol–water partition coefficient (Wildman–Crippen LogP) is 4.29.